The molecular weight excluding hydrogens is 190 g/mol. The van der Waals surface area contributed by atoms with Crippen molar-refractivity contribution in [1.82, 2.24) is 0 Å². The Morgan fingerprint density at radius 2 is 2.20 bits per heavy atom. The Balaban J connectivity index is 2.73. The minimum Gasteiger partial charge on any atom is -0.469 e. The molecule has 0 saturated carbocycles. The average Bonchev–Trinajstić information content (AvgIpc) is 2.27. The van der Waals surface area contributed by atoms with Gasteiger partial charge in [0.25, 0.3) is 0 Å². The number of hydrogen-bond donors (Lipinski definition) is 1. The van der Waals surface area contributed by atoms with Crippen LogP contribution in [0.2, 0.25) is 0 Å². The maximum absolute atomic E-state index is 11.0. The minimum atomic E-state index is -0.163. The van der Waals surface area contributed by atoms with E-state index < -0.39 is 0 Å². The lowest BCUT2D eigenvalue weighted by molar-refractivity contribution is -0.140. The van der Waals surface area contributed by atoms with Crippen molar-refractivity contribution in [3.8, 4) is 0 Å². The van der Waals surface area contributed by atoms with E-state index in [1.807, 2.05) is 25.2 Å². The van der Waals surface area contributed by atoms with Crippen molar-refractivity contribution in [3.63, 3.8) is 0 Å². The van der Waals surface area contributed by atoms with Gasteiger partial charge in [0.05, 0.1) is 7.11 Å². The summed E-state index contributed by atoms with van der Waals surface area (Å²) in [6.07, 6.45) is 1.17. The van der Waals surface area contributed by atoms with Crippen LogP contribution in [0.4, 0.5) is 5.69 Å². The third kappa shape index (κ3) is 2.98. The fraction of sp³-hybridized carbons (Fsp3) is 0.417. The molecule has 3 heteroatoms. The van der Waals surface area contributed by atoms with Gasteiger partial charge in [0.15, 0.2) is 0 Å². The zero-order chi connectivity index (χ0) is 11.3. The monoisotopic (exact) mass is 207 g/mol. The van der Waals surface area contributed by atoms with E-state index in [0.29, 0.717) is 6.42 Å². The van der Waals surface area contributed by atoms with Gasteiger partial charge in [-0.15, -0.1) is 0 Å². The van der Waals surface area contributed by atoms with Crippen molar-refractivity contribution >= 4 is 11.7 Å². The Morgan fingerprint density at radius 1 is 1.47 bits per heavy atom. The zero-order valence-electron chi connectivity index (χ0n) is 9.46. The lowest BCUT2D eigenvalue weighted by Gasteiger charge is -2.10. The van der Waals surface area contributed by atoms with Crippen LogP contribution in [0, 0.1) is 6.92 Å². The van der Waals surface area contributed by atoms with Crippen molar-refractivity contribution < 1.29 is 9.53 Å². The summed E-state index contributed by atoms with van der Waals surface area (Å²) in [7, 11) is 3.31. The van der Waals surface area contributed by atoms with Gasteiger partial charge in [0, 0.05) is 19.2 Å². The number of nitrogens with one attached hydrogen (secondary N) is 1. The summed E-state index contributed by atoms with van der Waals surface area (Å²) in [6.45, 7) is 2.05. The second kappa shape index (κ2) is 5.39. The molecule has 15 heavy (non-hydrogen) atoms. The van der Waals surface area contributed by atoms with Gasteiger partial charge >= 0.3 is 5.97 Å². The molecule has 0 unspecified atom stereocenters. The lowest BCUT2D eigenvalue weighted by atomic mass is 10.0. The van der Waals surface area contributed by atoms with Crippen molar-refractivity contribution in [2.75, 3.05) is 19.5 Å². The second-order valence-corrected chi connectivity index (χ2v) is 3.42. The molecule has 1 N–H and O–H groups in total. The van der Waals surface area contributed by atoms with Gasteiger partial charge in [-0.3, -0.25) is 4.79 Å². The molecule has 0 aliphatic carbocycles. The molecule has 3 nitrogen and oxygen atoms in total. The molecule has 0 radical (unpaired) electrons. The number of rotatable bonds is 4. The quantitative estimate of drug-likeness (QED) is 0.769. The van der Waals surface area contributed by atoms with E-state index in [0.717, 1.165) is 12.1 Å². The van der Waals surface area contributed by atoms with E-state index in [4.69, 9.17) is 0 Å². The van der Waals surface area contributed by atoms with E-state index in [-0.39, 0.29) is 5.97 Å². The summed E-state index contributed by atoms with van der Waals surface area (Å²) in [5, 5.41) is 3.12. The molecule has 0 atom stereocenters. The van der Waals surface area contributed by atoms with Crippen LogP contribution in [0.3, 0.4) is 0 Å². The summed E-state index contributed by atoms with van der Waals surface area (Å²) in [6, 6.07) is 6.06. The summed E-state index contributed by atoms with van der Waals surface area (Å²) in [5.74, 6) is -0.163. The van der Waals surface area contributed by atoms with Gasteiger partial charge in [-0.1, -0.05) is 12.1 Å². The first kappa shape index (κ1) is 11.6. The highest BCUT2D eigenvalue weighted by Crippen LogP contribution is 2.19. The molecular formula is C12H17NO2. The molecule has 0 amide bonds. The van der Waals surface area contributed by atoms with Gasteiger partial charge in [-0.25, -0.2) is 0 Å². The third-order valence-corrected chi connectivity index (χ3v) is 2.54. The number of methoxy groups -OCH3 is 1. The Labute approximate surface area is 90.4 Å². The van der Waals surface area contributed by atoms with Gasteiger partial charge in [-0.2, -0.15) is 0 Å². The number of ether oxygens (including phenoxy) is 1. The molecule has 0 aliphatic heterocycles. The Bertz CT molecular complexity index is 347. The molecule has 0 aliphatic rings. The second-order valence-electron chi connectivity index (χ2n) is 3.42. The molecule has 0 heterocycles. The van der Waals surface area contributed by atoms with Crippen LogP contribution in [0.15, 0.2) is 18.2 Å². The molecule has 82 valence electrons. The maximum Gasteiger partial charge on any atom is 0.305 e. The molecule has 0 spiro atoms. The van der Waals surface area contributed by atoms with Crippen LogP contribution >= 0.6 is 0 Å². The van der Waals surface area contributed by atoms with Crippen LogP contribution < -0.4 is 5.32 Å². The Kier molecular flexibility index (Phi) is 4.16. The van der Waals surface area contributed by atoms with Crippen molar-refractivity contribution in [1.29, 1.82) is 0 Å². The van der Waals surface area contributed by atoms with Crippen molar-refractivity contribution in [2.24, 2.45) is 0 Å². The van der Waals surface area contributed by atoms with Crippen LogP contribution in [0.5, 0.6) is 0 Å². The molecule has 0 bridgehead atoms. The summed E-state index contributed by atoms with van der Waals surface area (Å²) in [4.78, 5) is 11.0. The molecule has 0 fully saturated rings. The van der Waals surface area contributed by atoms with E-state index >= 15 is 0 Å². The number of esters is 1. The molecule has 1 aromatic carbocycles. The first-order valence-corrected chi connectivity index (χ1v) is 5.02. The summed E-state index contributed by atoms with van der Waals surface area (Å²) in [5.41, 5.74) is 3.49. The number of benzene rings is 1. The number of anilines is 1. The first-order chi connectivity index (χ1) is 7.19. The highest BCUT2D eigenvalue weighted by molar-refractivity contribution is 5.69. The van der Waals surface area contributed by atoms with Gasteiger partial charge < -0.3 is 10.1 Å². The van der Waals surface area contributed by atoms with Crippen LogP contribution in [0.25, 0.3) is 0 Å². The average molecular weight is 207 g/mol. The molecule has 1 aromatic rings. The standard InChI is InChI=1S/C12H17NO2/c1-9-10(7-8-12(14)15-3)5-4-6-11(9)13-2/h4-6,13H,7-8H2,1-3H3. The van der Waals surface area contributed by atoms with Gasteiger partial charge in [0.1, 0.15) is 0 Å². The molecule has 0 aromatic heterocycles. The zero-order valence-corrected chi connectivity index (χ0v) is 9.46. The highest BCUT2D eigenvalue weighted by Gasteiger charge is 2.05. The minimum absolute atomic E-state index is 0.163. The molecule has 0 saturated heterocycles. The number of carbonyl (C=O) groups is 1. The van der Waals surface area contributed by atoms with Gasteiger partial charge in [0.2, 0.25) is 0 Å². The lowest BCUT2D eigenvalue weighted by Crippen LogP contribution is -2.03. The Hall–Kier alpha value is -1.51. The van der Waals surface area contributed by atoms with E-state index in [9.17, 15) is 4.79 Å². The van der Waals surface area contributed by atoms with E-state index in [1.54, 1.807) is 0 Å². The van der Waals surface area contributed by atoms with Crippen molar-refractivity contribution in [2.45, 2.75) is 19.8 Å². The topological polar surface area (TPSA) is 38.3 Å². The van der Waals surface area contributed by atoms with Crippen LogP contribution in [0.1, 0.15) is 17.5 Å². The fourth-order valence-corrected chi connectivity index (χ4v) is 1.56. The maximum atomic E-state index is 11.0. The van der Waals surface area contributed by atoms with E-state index in [2.05, 4.69) is 17.0 Å². The van der Waals surface area contributed by atoms with Crippen molar-refractivity contribution in [3.05, 3.63) is 29.3 Å². The Morgan fingerprint density at radius 3 is 2.80 bits per heavy atom. The normalized spacial score (nSPS) is 9.80. The highest BCUT2D eigenvalue weighted by atomic mass is 16.5. The predicted octanol–water partition coefficient (Wildman–Crippen LogP) is 2.14. The number of aryl methyl sites for hydroxylation is 1. The summed E-state index contributed by atoms with van der Waals surface area (Å²) < 4.78 is 4.61. The fourth-order valence-electron chi connectivity index (χ4n) is 1.56. The van der Waals surface area contributed by atoms with Crippen LogP contribution in [-0.4, -0.2) is 20.1 Å². The molecule has 1 rings (SSSR count). The SMILES string of the molecule is CNc1cccc(CCC(=O)OC)c1C. The predicted molar refractivity (Wildman–Crippen MR) is 61.1 cm³/mol. The summed E-state index contributed by atoms with van der Waals surface area (Å²) >= 11 is 0. The smallest absolute Gasteiger partial charge is 0.305 e. The van der Waals surface area contributed by atoms with E-state index in [1.165, 1.54) is 18.2 Å². The third-order valence-electron chi connectivity index (χ3n) is 2.54. The largest absolute Gasteiger partial charge is 0.469 e. The van der Waals surface area contributed by atoms with Gasteiger partial charge in [-0.05, 0) is 30.5 Å². The van der Waals surface area contributed by atoms with Crippen LogP contribution in [-0.2, 0) is 16.0 Å². The first-order valence-electron chi connectivity index (χ1n) is 5.02. The number of hydrogen-bond acceptors (Lipinski definition) is 3. The number of carbonyl (C=O) groups excluding carboxylic acids is 1.